The number of carbonyl (C=O) groups is 1. The van der Waals surface area contributed by atoms with Gasteiger partial charge in [0.1, 0.15) is 0 Å². The Morgan fingerprint density at radius 2 is 1.30 bits per heavy atom. The molecule has 1 amide bonds. The van der Waals surface area contributed by atoms with Crippen LogP contribution in [0.2, 0.25) is 0 Å². The fourth-order valence-electron chi connectivity index (χ4n) is 6.93. The smallest absolute Gasteiger partial charge is 0.219 e. The van der Waals surface area contributed by atoms with Gasteiger partial charge in [-0.05, 0) is 96.3 Å². The number of nitrogens with two attached hydrogens (primary N) is 1. The molecule has 4 nitrogen and oxygen atoms in total. The molecule has 2 aromatic carbocycles. The number of allylic oxidation sites excluding steroid dienone is 6. The lowest BCUT2D eigenvalue weighted by molar-refractivity contribution is -0.128. The summed E-state index contributed by atoms with van der Waals surface area (Å²) in [7, 11) is 4.04. The van der Waals surface area contributed by atoms with Crippen LogP contribution in [0, 0.1) is 0 Å². The van der Waals surface area contributed by atoms with Gasteiger partial charge in [0.15, 0.2) is 0 Å². The zero-order valence-electron chi connectivity index (χ0n) is 36.0. The summed E-state index contributed by atoms with van der Waals surface area (Å²) < 4.78 is 0. The first-order valence-corrected chi connectivity index (χ1v) is 19.6. The highest BCUT2D eigenvalue weighted by atomic mass is 16.2. The summed E-state index contributed by atoms with van der Waals surface area (Å²) in [5.74, 6) is 0.0408. The van der Waals surface area contributed by atoms with Gasteiger partial charge in [0.25, 0.3) is 0 Å². The maximum atomic E-state index is 12.7. The number of nitrogens with zero attached hydrogens (tertiary/aromatic N) is 2. The summed E-state index contributed by atoms with van der Waals surface area (Å²) in [5.41, 5.74) is 20.4. The van der Waals surface area contributed by atoms with Crippen molar-refractivity contribution in [3.8, 4) is 0 Å². The molecule has 2 aliphatic rings. The molecular weight excluding hydrogens is 647 g/mol. The highest BCUT2D eigenvalue weighted by Crippen LogP contribution is 2.37. The van der Waals surface area contributed by atoms with Crippen molar-refractivity contribution in [1.29, 1.82) is 0 Å². The van der Waals surface area contributed by atoms with Crippen LogP contribution in [0.3, 0.4) is 0 Å². The third kappa shape index (κ3) is 10.1. The predicted octanol–water partition coefficient (Wildman–Crippen LogP) is 11.5. The van der Waals surface area contributed by atoms with Gasteiger partial charge in [0, 0.05) is 32.9 Å². The van der Waals surface area contributed by atoms with E-state index in [4.69, 9.17) is 5.73 Å². The van der Waals surface area contributed by atoms with E-state index in [-0.39, 0.29) is 39.7 Å². The average molecular weight is 716 g/mol. The first-order valence-electron chi connectivity index (χ1n) is 19.6. The topological polar surface area (TPSA) is 49.6 Å². The minimum absolute atomic E-state index is 0.00953. The van der Waals surface area contributed by atoms with Crippen LogP contribution >= 0.6 is 0 Å². The second-order valence-electron chi connectivity index (χ2n) is 19.6. The van der Waals surface area contributed by atoms with Gasteiger partial charge in [-0.25, -0.2) is 0 Å². The van der Waals surface area contributed by atoms with Crippen molar-refractivity contribution >= 4 is 17.1 Å². The maximum absolute atomic E-state index is 12.7. The summed E-state index contributed by atoms with van der Waals surface area (Å²) in [4.78, 5) is 16.8. The molecule has 2 unspecified atom stereocenters. The van der Waals surface area contributed by atoms with E-state index in [2.05, 4.69) is 181 Å². The number of likely N-dealkylation sites (N-methyl/N-ethyl adjacent to an activating group) is 2. The van der Waals surface area contributed by atoms with Crippen molar-refractivity contribution in [3.63, 3.8) is 0 Å². The highest BCUT2D eigenvalue weighted by molar-refractivity contribution is 5.77. The van der Waals surface area contributed by atoms with Crippen molar-refractivity contribution in [2.24, 2.45) is 5.73 Å². The van der Waals surface area contributed by atoms with E-state index >= 15 is 0 Å². The number of hydrogen-bond acceptors (Lipinski definition) is 3. The van der Waals surface area contributed by atoms with Crippen LogP contribution in [-0.2, 0) is 26.5 Å². The van der Waals surface area contributed by atoms with Crippen molar-refractivity contribution in [3.05, 3.63) is 129 Å². The van der Waals surface area contributed by atoms with Crippen molar-refractivity contribution in [2.45, 2.75) is 144 Å². The number of amides is 1. The van der Waals surface area contributed by atoms with Crippen LogP contribution in [0.1, 0.15) is 143 Å². The van der Waals surface area contributed by atoms with Gasteiger partial charge < -0.3 is 15.5 Å². The summed E-state index contributed by atoms with van der Waals surface area (Å²) in [5, 5.41) is 0. The third-order valence-electron chi connectivity index (χ3n) is 11.0. The van der Waals surface area contributed by atoms with Crippen LogP contribution in [0.25, 0.3) is 11.1 Å². The maximum Gasteiger partial charge on any atom is 0.219 e. The molecular formula is C49H69N3O. The highest BCUT2D eigenvalue weighted by Gasteiger charge is 2.28. The van der Waals surface area contributed by atoms with Crippen LogP contribution in [0.15, 0.2) is 95.9 Å². The molecule has 53 heavy (non-hydrogen) atoms. The fourth-order valence-corrected chi connectivity index (χ4v) is 6.93. The Bertz CT molecular complexity index is 1820. The summed E-state index contributed by atoms with van der Waals surface area (Å²) >= 11 is 0. The van der Waals surface area contributed by atoms with Gasteiger partial charge in [-0.15, -0.1) is 0 Å². The monoisotopic (exact) mass is 716 g/mol. The lowest BCUT2D eigenvalue weighted by Gasteiger charge is -2.35. The zero-order valence-corrected chi connectivity index (χ0v) is 36.0. The Balaban J connectivity index is 1.73. The molecule has 0 saturated carbocycles. The molecule has 0 aromatic heterocycles. The average Bonchev–Trinajstić information content (AvgIpc) is 3.05. The molecule has 0 saturated heterocycles. The Morgan fingerprint density at radius 3 is 1.74 bits per heavy atom. The first kappa shape index (κ1) is 41.7. The molecule has 1 heterocycles. The van der Waals surface area contributed by atoms with E-state index in [1.54, 1.807) is 6.92 Å². The Labute approximate surface area is 323 Å². The predicted molar refractivity (Wildman–Crippen MR) is 230 cm³/mol. The van der Waals surface area contributed by atoms with E-state index in [0.29, 0.717) is 6.42 Å². The first-order chi connectivity index (χ1) is 24.3. The SMILES string of the molecule is CC/C(=C\C=C(/N)C1=CC(C2C=CC(c3cc(C(C)(C)C)cc(C(C)(C)C)c3)=CN2C)=CC(N(C)C(C)=O)C1)c1cc(C(C)(C)C)cc(C(C)(C)C)c1. The molecule has 2 atom stereocenters. The molecule has 2 aromatic rings. The molecule has 286 valence electrons. The second kappa shape index (κ2) is 15.4. The molecule has 1 aliphatic heterocycles. The zero-order chi connectivity index (χ0) is 39.8. The van der Waals surface area contributed by atoms with Crippen molar-refractivity contribution < 1.29 is 4.79 Å². The van der Waals surface area contributed by atoms with Crippen molar-refractivity contribution in [2.75, 3.05) is 14.1 Å². The van der Waals surface area contributed by atoms with E-state index in [1.807, 2.05) is 11.9 Å². The molecule has 2 N–H and O–H groups in total. The van der Waals surface area contributed by atoms with Gasteiger partial charge in [0.2, 0.25) is 5.91 Å². The molecule has 0 spiro atoms. The largest absolute Gasteiger partial charge is 0.399 e. The molecule has 4 rings (SSSR count). The Morgan fingerprint density at radius 1 is 0.811 bits per heavy atom. The van der Waals surface area contributed by atoms with Crippen molar-refractivity contribution in [1.82, 2.24) is 9.80 Å². The fraction of sp³-hybridized carbons (Fsp3) is 0.490. The summed E-state index contributed by atoms with van der Waals surface area (Å²) in [6.45, 7) is 31.2. The van der Waals surface area contributed by atoms with Crippen LogP contribution in [-0.4, -0.2) is 41.9 Å². The van der Waals surface area contributed by atoms with E-state index in [0.717, 1.165) is 23.3 Å². The number of benzene rings is 2. The summed E-state index contributed by atoms with van der Waals surface area (Å²) in [6, 6.07) is 14.1. The molecule has 4 heteroatoms. The molecule has 0 radical (unpaired) electrons. The minimum atomic E-state index is -0.0909. The Hall–Kier alpha value is -4.05. The number of rotatable bonds is 7. The summed E-state index contributed by atoms with van der Waals surface area (Å²) in [6.07, 6.45) is 17.1. The molecule has 0 fully saturated rings. The van der Waals surface area contributed by atoms with Gasteiger partial charge in [-0.2, -0.15) is 0 Å². The van der Waals surface area contributed by atoms with E-state index in [1.165, 1.54) is 44.5 Å². The Kier molecular flexibility index (Phi) is 12.1. The molecule has 1 aliphatic carbocycles. The standard InChI is InChI=1S/C49H69N3O/c1-17-33(35-23-39(46(3,4)5)29-40(24-35)47(6,7)8)18-20-44(50)37-22-38(28-43(27-37)52(16)32(2)53)45-21-19-34(31-51(45)15)36-25-41(48(9,10)11)30-42(26-36)49(12,13)14/h18-26,28-31,43,45H,17,27,50H2,1-16H3/b33-18+,44-20-. The van der Waals surface area contributed by atoms with E-state index < -0.39 is 0 Å². The quantitative estimate of drug-likeness (QED) is 0.290. The van der Waals surface area contributed by atoms with Gasteiger partial charge in [0.05, 0.1) is 12.1 Å². The van der Waals surface area contributed by atoms with Crippen LogP contribution in [0.4, 0.5) is 0 Å². The van der Waals surface area contributed by atoms with Gasteiger partial charge in [-0.3, -0.25) is 4.79 Å². The van der Waals surface area contributed by atoms with E-state index in [9.17, 15) is 4.79 Å². The van der Waals surface area contributed by atoms with Crippen LogP contribution < -0.4 is 5.73 Å². The normalized spacial score (nSPS) is 19.2. The van der Waals surface area contributed by atoms with Crippen LogP contribution in [0.5, 0.6) is 0 Å². The van der Waals surface area contributed by atoms with Gasteiger partial charge in [-0.1, -0.05) is 157 Å². The van der Waals surface area contributed by atoms with Gasteiger partial charge >= 0.3 is 0 Å². The number of carbonyl (C=O) groups excluding carboxylic acids is 1. The third-order valence-corrected chi connectivity index (χ3v) is 11.0. The molecule has 0 bridgehead atoms. The second-order valence-corrected chi connectivity index (χ2v) is 19.6. The number of hydrogen-bond donors (Lipinski definition) is 1. The lowest BCUT2D eigenvalue weighted by atomic mass is 9.78. The lowest BCUT2D eigenvalue weighted by Crippen LogP contribution is -2.38. The minimum Gasteiger partial charge on any atom is -0.399 e.